The van der Waals surface area contributed by atoms with Crippen molar-refractivity contribution in [3.63, 3.8) is 0 Å². The van der Waals surface area contributed by atoms with Gasteiger partial charge in [0.05, 0.1) is 16.8 Å². The average molecular weight is 754 g/mol. The summed E-state index contributed by atoms with van der Waals surface area (Å²) in [5.41, 5.74) is 10.0. The monoisotopic (exact) mass is 753 g/mol. The van der Waals surface area contributed by atoms with Crippen molar-refractivity contribution in [3.8, 4) is 0 Å². The van der Waals surface area contributed by atoms with Crippen LogP contribution in [0.25, 0.3) is 11.1 Å². The van der Waals surface area contributed by atoms with Gasteiger partial charge in [-0.15, -0.1) is 22.7 Å². The molecule has 2 nitrogen and oxygen atoms in total. The topological polar surface area (TPSA) is 25.8 Å². The Balaban J connectivity index is 0.00000441. The van der Waals surface area contributed by atoms with Gasteiger partial charge in [0, 0.05) is 31.8 Å². The first-order valence-electron chi connectivity index (χ1n) is 14.9. The Morgan fingerprint density at radius 3 is 1.45 bits per heavy atom. The van der Waals surface area contributed by atoms with Crippen LogP contribution in [-0.2, 0) is 26.5 Å². The predicted octanol–water partition coefficient (Wildman–Crippen LogP) is 11.1. The summed E-state index contributed by atoms with van der Waals surface area (Å²) in [6, 6.07) is 0. The zero-order chi connectivity index (χ0) is 28.2. The smallest absolute Gasteiger partial charge is 0.119 e. The van der Waals surface area contributed by atoms with E-state index in [1.165, 1.54) is 72.0 Å². The van der Waals surface area contributed by atoms with E-state index in [1.807, 2.05) is 0 Å². The summed E-state index contributed by atoms with van der Waals surface area (Å²) in [5, 5.41) is 6.68. The third kappa shape index (κ3) is 7.05. The van der Waals surface area contributed by atoms with Crippen molar-refractivity contribution >= 4 is 33.8 Å². The second kappa shape index (κ2) is 14.5. The molecule has 2 aliphatic rings. The molecule has 2 unspecified atom stereocenters. The van der Waals surface area contributed by atoms with Crippen LogP contribution in [0.1, 0.15) is 115 Å². The molecule has 0 N–H and O–H groups in total. The number of allylic oxidation sites excluding steroid dienone is 12. The first kappa shape index (κ1) is 32.9. The molecule has 5 heteroatoms. The van der Waals surface area contributed by atoms with Crippen LogP contribution >= 0.6 is 22.7 Å². The summed E-state index contributed by atoms with van der Waals surface area (Å²) in [4.78, 5) is 10.3. The molecule has 218 valence electrons. The van der Waals surface area contributed by atoms with Crippen LogP contribution in [0.15, 0.2) is 69.5 Å². The van der Waals surface area contributed by atoms with Crippen molar-refractivity contribution in [2.75, 3.05) is 0 Å². The minimum Gasteiger partial charge on any atom is -0.240 e. The van der Waals surface area contributed by atoms with E-state index in [-0.39, 0.29) is 26.5 Å². The number of hydrogen-bond donors (Lipinski definition) is 0. The molecule has 4 rings (SSSR count). The molecule has 2 aliphatic carbocycles. The molecule has 0 aliphatic heterocycles. The van der Waals surface area contributed by atoms with Gasteiger partial charge in [-0.2, -0.15) is 0 Å². The van der Waals surface area contributed by atoms with Gasteiger partial charge in [-0.1, -0.05) is 77.0 Å². The summed E-state index contributed by atoms with van der Waals surface area (Å²) in [5.74, 6) is 1.32. The zero-order valence-electron chi connectivity index (χ0n) is 25.5. The van der Waals surface area contributed by atoms with Gasteiger partial charge in [0.1, 0.15) is 10.0 Å². The van der Waals surface area contributed by atoms with Gasteiger partial charge in [0.25, 0.3) is 0 Å². The van der Waals surface area contributed by atoms with Crippen molar-refractivity contribution in [3.05, 3.63) is 90.9 Å². The summed E-state index contributed by atoms with van der Waals surface area (Å²) in [6.45, 7) is 18.1. The number of thiazole rings is 2. The van der Waals surface area contributed by atoms with Gasteiger partial charge in [0.15, 0.2) is 0 Å². The Kier molecular flexibility index (Phi) is 11.9. The molecule has 0 fully saturated rings. The summed E-state index contributed by atoms with van der Waals surface area (Å²) in [6.07, 6.45) is 21.3. The fourth-order valence-electron chi connectivity index (χ4n) is 5.65. The molecule has 0 saturated carbocycles. The minimum absolute atomic E-state index is 0. The second-order valence-electron chi connectivity index (χ2n) is 11.6. The minimum atomic E-state index is -0.249. The van der Waals surface area contributed by atoms with Gasteiger partial charge in [-0.05, 0) is 98.7 Å². The van der Waals surface area contributed by atoms with E-state index in [9.17, 15) is 0 Å². The first-order chi connectivity index (χ1) is 18.7. The van der Waals surface area contributed by atoms with E-state index in [2.05, 4.69) is 103 Å². The molecule has 2 aromatic heterocycles. The number of nitrogens with zero attached hydrogens (tertiary/aromatic N) is 2. The maximum atomic E-state index is 5.15. The molecule has 2 aromatic rings. The maximum absolute atomic E-state index is 5.15. The molecule has 2 heterocycles. The number of aromatic nitrogens is 2. The van der Waals surface area contributed by atoms with E-state index in [4.69, 9.17) is 9.97 Å². The molecule has 0 saturated heterocycles. The number of hydrogen-bond acceptors (Lipinski definition) is 4. The van der Waals surface area contributed by atoms with E-state index in [0.717, 1.165) is 21.4 Å². The Hall–Kier alpha value is -1.61. The molecule has 0 amide bonds. The third-order valence-electron chi connectivity index (χ3n) is 8.55. The summed E-state index contributed by atoms with van der Waals surface area (Å²) in [7, 11) is 0. The van der Waals surface area contributed by atoms with E-state index < -0.39 is 0 Å². The summed E-state index contributed by atoms with van der Waals surface area (Å²) >= 11 is 3.50. The average Bonchev–Trinajstić information content (AvgIpc) is 3.75. The van der Waals surface area contributed by atoms with Gasteiger partial charge in [-0.25, -0.2) is 9.97 Å². The normalized spacial score (nSPS) is 18.9. The van der Waals surface area contributed by atoms with Gasteiger partial charge in [-0.3, -0.25) is 0 Å². The standard InChI is InChI=1S/C35H46N2S2.Pt/c1-9-13-25(11-3)29-17-15-27(19-29)23(5)33-36-31(21-38-33)35(7,8)32-22-39-34(37-32)24(6)28-16-18-30(20-28)26(12-4)14-10-2;/h15-22,25-26H,9-14H2,1-8H3;. The summed E-state index contributed by atoms with van der Waals surface area (Å²) < 4.78 is 0. The Morgan fingerprint density at radius 1 is 0.700 bits per heavy atom. The van der Waals surface area contributed by atoms with Crippen molar-refractivity contribution < 1.29 is 21.1 Å². The Labute approximate surface area is 265 Å². The molecule has 0 aromatic carbocycles. The van der Waals surface area contributed by atoms with Crippen LogP contribution in [0.2, 0.25) is 0 Å². The molecule has 0 bridgehead atoms. The molecule has 2 atom stereocenters. The molecule has 0 radical (unpaired) electrons. The fourth-order valence-corrected chi connectivity index (χ4v) is 7.68. The van der Waals surface area contributed by atoms with Crippen molar-refractivity contribution in [2.24, 2.45) is 11.8 Å². The van der Waals surface area contributed by atoms with Gasteiger partial charge in [0.2, 0.25) is 0 Å². The Morgan fingerprint density at radius 2 is 1.10 bits per heavy atom. The first-order valence-corrected chi connectivity index (χ1v) is 16.6. The van der Waals surface area contributed by atoms with Crippen LogP contribution in [0, 0.1) is 11.8 Å². The zero-order valence-corrected chi connectivity index (χ0v) is 29.4. The van der Waals surface area contributed by atoms with Gasteiger partial charge >= 0.3 is 0 Å². The van der Waals surface area contributed by atoms with Crippen LogP contribution in [0.4, 0.5) is 0 Å². The van der Waals surface area contributed by atoms with Crippen molar-refractivity contribution in [1.82, 2.24) is 9.97 Å². The van der Waals surface area contributed by atoms with E-state index >= 15 is 0 Å². The second-order valence-corrected chi connectivity index (χ2v) is 13.3. The Bertz CT molecular complexity index is 1260. The third-order valence-corrected chi connectivity index (χ3v) is 10.5. The number of rotatable bonds is 12. The van der Waals surface area contributed by atoms with Crippen LogP contribution in [-0.4, -0.2) is 9.97 Å². The molecule has 40 heavy (non-hydrogen) atoms. The van der Waals surface area contributed by atoms with Crippen molar-refractivity contribution in [2.45, 2.75) is 99.3 Å². The molecular formula is C35H46N2PtS2. The van der Waals surface area contributed by atoms with E-state index in [1.54, 1.807) is 22.7 Å². The maximum Gasteiger partial charge on any atom is 0.119 e. The van der Waals surface area contributed by atoms with Crippen molar-refractivity contribution in [1.29, 1.82) is 0 Å². The fraction of sp³-hybridized carbons (Fsp3) is 0.486. The largest absolute Gasteiger partial charge is 0.240 e. The molecular weight excluding hydrogens is 708 g/mol. The van der Waals surface area contributed by atoms with Gasteiger partial charge < -0.3 is 0 Å². The SMILES string of the molecule is CCCC(CC)C1=CC(=C(C)c2nc(C(C)(C)c3csc(C(C)=C4C=CC(C(CC)CCC)=C4)n3)cs2)C=C1.[Pt]. The van der Waals surface area contributed by atoms with Crippen LogP contribution in [0.5, 0.6) is 0 Å². The quantitative estimate of drug-likeness (QED) is 0.216. The predicted molar refractivity (Wildman–Crippen MR) is 173 cm³/mol. The molecule has 0 spiro atoms. The van der Waals surface area contributed by atoms with Crippen LogP contribution < -0.4 is 0 Å². The van der Waals surface area contributed by atoms with E-state index in [0.29, 0.717) is 11.8 Å². The van der Waals surface area contributed by atoms with Crippen LogP contribution in [0.3, 0.4) is 0 Å².